The second-order valence-electron chi connectivity index (χ2n) is 3.46. The maximum atomic E-state index is 10.8. The van der Waals surface area contributed by atoms with E-state index in [2.05, 4.69) is 0 Å². The van der Waals surface area contributed by atoms with E-state index in [0.29, 0.717) is 19.1 Å². The van der Waals surface area contributed by atoms with Gasteiger partial charge in [-0.2, -0.15) is 8.42 Å². The van der Waals surface area contributed by atoms with Crippen molar-refractivity contribution in [3.8, 4) is 0 Å². The maximum absolute atomic E-state index is 10.8. The number of hydrogen-bond donors (Lipinski definition) is 0. The van der Waals surface area contributed by atoms with Gasteiger partial charge in [0.1, 0.15) is 0 Å². The molecular formula is C8H16O4S. The zero-order valence-corrected chi connectivity index (χ0v) is 8.84. The molecule has 0 aliphatic carbocycles. The van der Waals surface area contributed by atoms with Crippen LogP contribution in [0.5, 0.6) is 0 Å². The van der Waals surface area contributed by atoms with Gasteiger partial charge in [-0.15, -0.1) is 0 Å². The van der Waals surface area contributed by atoms with E-state index in [0.717, 1.165) is 19.1 Å². The summed E-state index contributed by atoms with van der Waals surface area (Å²) in [5.41, 5.74) is 0. The van der Waals surface area contributed by atoms with Crippen molar-refractivity contribution in [1.82, 2.24) is 0 Å². The maximum Gasteiger partial charge on any atom is 0.264 e. The van der Waals surface area contributed by atoms with Crippen molar-refractivity contribution in [2.75, 3.05) is 19.5 Å². The standard InChI is InChI=1S/C8H16O4S/c1-7(12-13(2,9)10)8-3-5-11-6-4-8/h7-8H,3-6H2,1-2H3/t7-/m1/s1. The van der Waals surface area contributed by atoms with Gasteiger partial charge in [0.2, 0.25) is 0 Å². The van der Waals surface area contributed by atoms with E-state index in [1.807, 2.05) is 0 Å². The van der Waals surface area contributed by atoms with Gasteiger partial charge >= 0.3 is 0 Å². The first-order valence-corrected chi connectivity index (χ1v) is 6.26. The van der Waals surface area contributed by atoms with Gasteiger partial charge in [0, 0.05) is 13.2 Å². The van der Waals surface area contributed by atoms with Crippen LogP contribution in [0.15, 0.2) is 0 Å². The molecule has 1 rings (SSSR count). The second kappa shape index (κ2) is 4.39. The minimum atomic E-state index is -3.31. The van der Waals surface area contributed by atoms with E-state index in [1.54, 1.807) is 6.92 Å². The van der Waals surface area contributed by atoms with Crippen LogP contribution in [0.2, 0.25) is 0 Å². The fourth-order valence-electron chi connectivity index (χ4n) is 1.54. The third kappa shape index (κ3) is 4.06. The highest BCUT2D eigenvalue weighted by Crippen LogP contribution is 2.21. The monoisotopic (exact) mass is 208 g/mol. The minimum Gasteiger partial charge on any atom is -0.381 e. The summed E-state index contributed by atoms with van der Waals surface area (Å²) in [6.45, 7) is 3.22. The number of ether oxygens (including phenoxy) is 1. The molecule has 1 fully saturated rings. The molecule has 0 amide bonds. The van der Waals surface area contributed by atoms with Crippen LogP contribution >= 0.6 is 0 Å². The molecule has 1 heterocycles. The van der Waals surface area contributed by atoms with E-state index < -0.39 is 10.1 Å². The van der Waals surface area contributed by atoms with Gasteiger partial charge in [0.25, 0.3) is 10.1 Å². The Morgan fingerprint density at radius 3 is 2.38 bits per heavy atom. The minimum absolute atomic E-state index is 0.223. The predicted octanol–water partition coefficient (Wildman–Crippen LogP) is 0.778. The van der Waals surface area contributed by atoms with Crippen molar-refractivity contribution in [3.63, 3.8) is 0 Å². The van der Waals surface area contributed by atoms with Crippen LogP contribution in [0, 0.1) is 5.92 Å². The molecule has 5 heteroatoms. The van der Waals surface area contributed by atoms with Crippen LogP contribution in [0.3, 0.4) is 0 Å². The summed E-state index contributed by atoms with van der Waals surface area (Å²) in [5.74, 6) is 0.309. The van der Waals surface area contributed by atoms with E-state index >= 15 is 0 Å². The van der Waals surface area contributed by atoms with Crippen molar-refractivity contribution in [2.24, 2.45) is 5.92 Å². The lowest BCUT2D eigenvalue weighted by molar-refractivity contribution is 0.0261. The SMILES string of the molecule is C[C@@H](OS(C)(=O)=O)C1CCOCC1. The third-order valence-electron chi connectivity index (χ3n) is 2.26. The Bertz CT molecular complexity index is 241. The van der Waals surface area contributed by atoms with Gasteiger partial charge in [-0.05, 0) is 25.7 Å². The van der Waals surface area contributed by atoms with E-state index in [-0.39, 0.29) is 6.10 Å². The van der Waals surface area contributed by atoms with Gasteiger partial charge in [-0.25, -0.2) is 0 Å². The molecule has 0 unspecified atom stereocenters. The molecule has 1 aliphatic rings. The Morgan fingerprint density at radius 2 is 1.92 bits per heavy atom. The molecule has 0 aromatic rings. The lowest BCUT2D eigenvalue weighted by atomic mass is 9.95. The van der Waals surface area contributed by atoms with Crippen molar-refractivity contribution < 1.29 is 17.3 Å². The summed E-state index contributed by atoms with van der Waals surface area (Å²) in [4.78, 5) is 0. The van der Waals surface area contributed by atoms with Gasteiger partial charge in [-0.1, -0.05) is 0 Å². The Labute approximate surface area is 79.3 Å². The summed E-state index contributed by atoms with van der Waals surface area (Å²) < 4.78 is 31.7. The van der Waals surface area contributed by atoms with E-state index in [4.69, 9.17) is 8.92 Å². The highest BCUT2D eigenvalue weighted by molar-refractivity contribution is 7.86. The van der Waals surface area contributed by atoms with Gasteiger partial charge < -0.3 is 4.74 Å². The summed E-state index contributed by atoms with van der Waals surface area (Å²) in [6.07, 6.45) is 2.63. The molecule has 4 nitrogen and oxygen atoms in total. The van der Waals surface area contributed by atoms with E-state index in [9.17, 15) is 8.42 Å². The summed E-state index contributed by atoms with van der Waals surface area (Å²) in [7, 11) is -3.31. The molecule has 1 saturated heterocycles. The molecule has 13 heavy (non-hydrogen) atoms. The van der Waals surface area contributed by atoms with Crippen LogP contribution in [0.1, 0.15) is 19.8 Å². The molecule has 0 aromatic heterocycles. The van der Waals surface area contributed by atoms with Crippen LogP contribution in [-0.4, -0.2) is 34.0 Å². The Morgan fingerprint density at radius 1 is 1.38 bits per heavy atom. The fourth-order valence-corrected chi connectivity index (χ4v) is 2.25. The van der Waals surface area contributed by atoms with Crippen LogP contribution in [0.4, 0.5) is 0 Å². The smallest absolute Gasteiger partial charge is 0.264 e. The first-order chi connectivity index (χ1) is 5.99. The molecule has 0 radical (unpaired) electrons. The molecule has 0 bridgehead atoms. The highest BCUT2D eigenvalue weighted by atomic mass is 32.2. The second-order valence-corrected chi connectivity index (χ2v) is 5.06. The van der Waals surface area contributed by atoms with Crippen molar-refractivity contribution in [2.45, 2.75) is 25.9 Å². The van der Waals surface area contributed by atoms with Crippen LogP contribution in [0.25, 0.3) is 0 Å². The average Bonchev–Trinajstić information content (AvgIpc) is 2.03. The molecule has 1 atom stereocenters. The molecule has 0 aromatic carbocycles. The van der Waals surface area contributed by atoms with Crippen molar-refractivity contribution in [3.05, 3.63) is 0 Å². The summed E-state index contributed by atoms with van der Waals surface area (Å²) >= 11 is 0. The van der Waals surface area contributed by atoms with Gasteiger partial charge in [0.15, 0.2) is 0 Å². The third-order valence-corrected chi connectivity index (χ3v) is 2.91. The molecule has 0 N–H and O–H groups in total. The summed E-state index contributed by atoms with van der Waals surface area (Å²) in [6, 6.07) is 0. The van der Waals surface area contributed by atoms with Gasteiger partial charge in [-0.3, -0.25) is 4.18 Å². The quantitative estimate of drug-likeness (QED) is 0.643. The normalized spacial score (nSPS) is 22.9. The lowest BCUT2D eigenvalue weighted by Crippen LogP contribution is -2.28. The first kappa shape index (κ1) is 10.9. The zero-order chi connectivity index (χ0) is 9.90. The number of hydrogen-bond acceptors (Lipinski definition) is 4. The first-order valence-electron chi connectivity index (χ1n) is 4.45. The Balaban J connectivity index is 2.42. The largest absolute Gasteiger partial charge is 0.381 e. The molecule has 1 aliphatic heterocycles. The predicted molar refractivity (Wildman–Crippen MR) is 48.9 cm³/mol. The van der Waals surface area contributed by atoms with Crippen molar-refractivity contribution >= 4 is 10.1 Å². The van der Waals surface area contributed by atoms with E-state index in [1.165, 1.54) is 0 Å². The van der Waals surface area contributed by atoms with Gasteiger partial charge in [0.05, 0.1) is 12.4 Å². The Hall–Kier alpha value is -0.130. The van der Waals surface area contributed by atoms with Crippen LogP contribution < -0.4 is 0 Å². The van der Waals surface area contributed by atoms with Crippen LogP contribution in [-0.2, 0) is 19.0 Å². The molecule has 0 saturated carbocycles. The number of rotatable bonds is 3. The van der Waals surface area contributed by atoms with Crippen molar-refractivity contribution in [1.29, 1.82) is 0 Å². The molecular weight excluding hydrogens is 192 g/mol. The molecule has 78 valence electrons. The Kier molecular flexibility index (Phi) is 3.70. The lowest BCUT2D eigenvalue weighted by Gasteiger charge is -2.26. The summed E-state index contributed by atoms with van der Waals surface area (Å²) in [5, 5.41) is 0. The fraction of sp³-hybridized carbons (Fsp3) is 1.00. The zero-order valence-electron chi connectivity index (χ0n) is 8.02. The average molecular weight is 208 g/mol. The molecule has 0 spiro atoms. The topological polar surface area (TPSA) is 52.6 Å². The highest BCUT2D eigenvalue weighted by Gasteiger charge is 2.23.